The minimum atomic E-state index is -0.202. The van der Waals surface area contributed by atoms with Crippen molar-refractivity contribution in [2.75, 3.05) is 5.32 Å². The molecule has 0 radical (unpaired) electrons. The zero-order valence-electron chi connectivity index (χ0n) is 12.1. The topological polar surface area (TPSA) is 37.8 Å². The van der Waals surface area contributed by atoms with Crippen molar-refractivity contribution in [1.29, 1.82) is 0 Å². The van der Waals surface area contributed by atoms with Gasteiger partial charge >= 0.3 is 0 Å². The number of anilines is 1. The van der Waals surface area contributed by atoms with E-state index in [1.54, 1.807) is 6.33 Å². The van der Waals surface area contributed by atoms with Gasteiger partial charge in [-0.05, 0) is 37.0 Å². The van der Waals surface area contributed by atoms with Crippen LogP contribution in [0.4, 0.5) is 10.2 Å². The van der Waals surface area contributed by atoms with Crippen LogP contribution >= 0.6 is 0 Å². The number of aromatic nitrogens is 2. The molecule has 3 nitrogen and oxygen atoms in total. The molecule has 1 N–H and O–H groups in total. The van der Waals surface area contributed by atoms with E-state index in [0.717, 1.165) is 23.5 Å². The second-order valence-electron chi connectivity index (χ2n) is 5.36. The molecule has 0 fully saturated rings. The maximum Gasteiger partial charge on any atom is 0.129 e. The molecule has 0 bridgehead atoms. The van der Waals surface area contributed by atoms with E-state index in [9.17, 15) is 4.39 Å². The Hall–Kier alpha value is -1.97. The van der Waals surface area contributed by atoms with Crippen molar-refractivity contribution in [2.45, 2.75) is 39.2 Å². The van der Waals surface area contributed by atoms with E-state index >= 15 is 0 Å². The van der Waals surface area contributed by atoms with Crippen LogP contribution in [-0.4, -0.2) is 16.0 Å². The number of benzene rings is 1. The van der Waals surface area contributed by atoms with Gasteiger partial charge in [-0.1, -0.05) is 26.0 Å². The van der Waals surface area contributed by atoms with E-state index in [1.807, 2.05) is 18.2 Å². The largest absolute Gasteiger partial charge is 0.367 e. The van der Waals surface area contributed by atoms with E-state index in [2.05, 4.69) is 36.1 Å². The summed E-state index contributed by atoms with van der Waals surface area (Å²) < 4.78 is 12.9. The summed E-state index contributed by atoms with van der Waals surface area (Å²) in [5.41, 5.74) is 2.13. The predicted octanol–water partition coefficient (Wildman–Crippen LogP) is 3.78. The summed E-state index contributed by atoms with van der Waals surface area (Å²) in [6.45, 7) is 6.29. The zero-order valence-corrected chi connectivity index (χ0v) is 12.1. The lowest BCUT2D eigenvalue weighted by molar-refractivity contribution is 0.626. The molecule has 2 aromatic rings. The molecule has 106 valence electrons. The van der Waals surface area contributed by atoms with Crippen LogP contribution in [0.25, 0.3) is 0 Å². The van der Waals surface area contributed by atoms with Crippen LogP contribution in [0.1, 0.15) is 37.9 Å². The molecular formula is C16H20FN3. The molecule has 0 aliphatic heterocycles. The smallest absolute Gasteiger partial charge is 0.129 e. The highest BCUT2D eigenvalue weighted by molar-refractivity contribution is 5.37. The van der Waals surface area contributed by atoms with Gasteiger partial charge in [-0.2, -0.15) is 0 Å². The van der Waals surface area contributed by atoms with Crippen LogP contribution in [0.15, 0.2) is 36.7 Å². The first-order chi connectivity index (χ1) is 9.54. The van der Waals surface area contributed by atoms with Crippen LogP contribution in [0.2, 0.25) is 0 Å². The zero-order chi connectivity index (χ0) is 14.5. The number of nitrogens with zero attached hydrogens (tertiary/aromatic N) is 2. The van der Waals surface area contributed by atoms with E-state index in [0.29, 0.717) is 5.92 Å². The highest BCUT2D eigenvalue weighted by Crippen LogP contribution is 2.15. The second kappa shape index (κ2) is 6.46. The van der Waals surface area contributed by atoms with Crippen LogP contribution in [-0.2, 0) is 6.42 Å². The molecule has 0 saturated heterocycles. The third-order valence-corrected chi connectivity index (χ3v) is 3.13. The van der Waals surface area contributed by atoms with Crippen molar-refractivity contribution >= 4 is 5.82 Å². The minimum Gasteiger partial charge on any atom is -0.367 e. The molecule has 4 heteroatoms. The maximum atomic E-state index is 12.9. The fraction of sp³-hybridized carbons (Fsp3) is 0.375. The Morgan fingerprint density at radius 1 is 1.10 bits per heavy atom. The standard InChI is InChI=1S/C16H20FN3/c1-11(2)15-9-16(19-10-18-15)20-12(3)8-13-4-6-14(17)7-5-13/h4-7,9-12H,8H2,1-3H3,(H,18,19,20). The molecule has 2 rings (SSSR count). The van der Waals surface area contributed by atoms with Crippen LogP contribution in [0.5, 0.6) is 0 Å². The first kappa shape index (κ1) is 14.4. The highest BCUT2D eigenvalue weighted by Gasteiger charge is 2.07. The van der Waals surface area contributed by atoms with Gasteiger partial charge in [0.1, 0.15) is 18.0 Å². The number of hydrogen-bond donors (Lipinski definition) is 1. The third kappa shape index (κ3) is 4.02. The van der Waals surface area contributed by atoms with Crippen molar-refractivity contribution in [3.05, 3.63) is 53.7 Å². The first-order valence-corrected chi connectivity index (χ1v) is 6.87. The Labute approximate surface area is 119 Å². The summed E-state index contributed by atoms with van der Waals surface area (Å²) in [7, 11) is 0. The minimum absolute atomic E-state index is 0.202. The number of nitrogens with one attached hydrogen (secondary N) is 1. The van der Waals surface area contributed by atoms with Crippen molar-refractivity contribution in [2.24, 2.45) is 0 Å². The van der Waals surface area contributed by atoms with Crippen molar-refractivity contribution < 1.29 is 4.39 Å². The lowest BCUT2D eigenvalue weighted by atomic mass is 10.1. The quantitative estimate of drug-likeness (QED) is 0.900. The Morgan fingerprint density at radius 3 is 2.45 bits per heavy atom. The van der Waals surface area contributed by atoms with E-state index in [1.165, 1.54) is 12.1 Å². The van der Waals surface area contributed by atoms with Crippen LogP contribution < -0.4 is 5.32 Å². The second-order valence-corrected chi connectivity index (χ2v) is 5.36. The normalized spacial score (nSPS) is 12.4. The number of halogens is 1. The lowest BCUT2D eigenvalue weighted by Gasteiger charge is -2.15. The summed E-state index contributed by atoms with van der Waals surface area (Å²) in [5, 5.41) is 3.36. The van der Waals surface area contributed by atoms with Gasteiger partial charge in [0.05, 0.1) is 0 Å². The van der Waals surface area contributed by atoms with Gasteiger partial charge in [0.2, 0.25) is 0 Å². The summed E-state index contributed by atoms with van der Waals surface area (Å²) in [5.74, 6) is 1.01. The Bertz CT molecular complexity index is 552. The summed E-state index contributed by atoms with van der Waals surface area (Å²) in [4.78, 5) is 8.48. The van der Waals surface area contributed by atoms with Crippen LogP contribution in [0.3, 0.4) is 0 Å². The molecule has 20 heavy (non-hydrogen) atoms. The molecule has 1 aromatic carbocycles. The van der Waals surface area contributed by atoms with Gasteiger partial charge in [0, 0.05) is 17.8 Å². The Balaban J connectivity index is 1.99. The summed E-state index contributed by atoms with van der Waals surface area (Å²) in [6, 6.07) is 8.80. The third-order valence-electron chi connectivity index (χ3n) is 3.13. The molecule has 1 aromatic heterocycles. The molecule has 0 spiro atoms. The highest BCUT2D eigenvalue weighted by atomic mass is 19.1. The molecular weight excluding hydrogens is 253 g/mol. The van der Waals surface area contributed by atoms with Gasteiger partial charge in [-0.15, -0.1) is 0 Å². The molecule has 0 aliphatic carbocycles. The van der Waals surface area contributed by atoms with Crippen LogP contribution in [0, 0.1) is 5.82 Å². The summed E-state index contributed by atoms with van der Waals surface area (Å²) >= 11 is 0. The fourth-order valence-corrected chi connectivity index (χ4v) is 2.04. The van der Waals surface area contributed by atoms with Gasteiger partial charge in [0.25, 0.3) is 0 Å². The SMILES string of the molecule is CC(Cc1ccc(F)cc1)Nc1cc(C(C)C)ncn1. The molecule has 0 aliphatic rings. The van der Waals surface area contributed by atoms with E-state index in [-0.39, 0.29) is 11.9 Å². The number of hydrogen-bond acceptors (Lipinski definition) is 3. The predicted molar refractivity (Wildman–Crippen MR) is 79.3 cm³/mol. The molecule has 1 unspecified atom stereocenters. The average Bonchev–Trinajstić information content (AvgIpc) is 2.41. The lowest BCUT2D eigenvalue weighted by Crippen LogP contribution is -2.19. The fourth-order valence-electron chi connectivity index (χ4n) is 2.04. The van der Waals surface area contributed by atoms with E-state index in [4.69, 9.17) is 0 Å². The first-order valence-electron chi connectivity index (χ1n) is 6.87. The molecule has 0 saturated carbocycles. The Morgan fingerprint density at radius 2 is 1.80 bits per heavy atom. The van der Waals surface area contributed by atoms with Gasteiger partial charge in [-0.25, -0.2) is 14.4 Å². The maximum absolute atomic E-state index is 12.9. The molecule has 0 amide bonds. The monoisotopic (exact) mass is 273 g/mol. The van der Waals surface area contributed by atoms with Crippen molar-refractivity contribution in [3.63, 3.8) is 0 Å². The molecule has 1 atom stereocenters. The van der Waals surface area contributed by atoms with Gasteiger partial charge in [-0.3, -0.25) is 0 Å². The van der Waals surface area contributed by atoms with Gasteiger partial charge in [0.15, 0.2) is 0 Å². The van der Waals surface area contributed by atoms with Crippen molar-refractivity contribution in [1.82, 2.24) is 9.97 Å². The average molecular weight is 273 g/mol. The molecule has 1 heterocycles. The van der Waals surface area contributed by atoms with Crippen molar-refractivity contribution in [3.8, 4) is 0 Å². The summed E-state index contributed by atoms with van der Waals surface area (Å²) in [6.07, 6.45) is 2.41. The Kier molecular flexibility index (Phi) is 4.66. The van der Waals surface area contributed by atoms with Gasteiger partial charge < -0.3 is 5.32 Å². The van der Waals surface area contributed by atoms with E-state index < -0.39 is 0 Å². The number of rotatable bonds is 5.